The van der Waals surface area contributed by atoms with E-state index in [1.54, 1.807) is 0 Å². The first-order valence-corrected chi connectivity index (χ1v) is 5.11. The molecule has 1 saturated heterocycles. The molecule has 0 amide bonds. The van der Waals surface area contributed by atoms with Gasteiger partial charge in [-0.3, -0.25) is 4.90 Å². The molecule has 0 saturated carbocycles. The van der Waals surface area contributed by atoms with Crippen LogP contribution in [0.25, 0.3) is 0 Å². The number of piperazine rings is 1. The number of hydrogen-bond acceptors (Lipinski definition) is 2. The van der Waals surface area contributed by atoms with E-state index in [9.17, 15) is 12.9 Å². The molecule has 0 N–H and O–H groups in total. The second-order valence-corrected chi connectivity index (χ2v) is 4.31. The summed E-state index contributed by atoms with van der Waals surface area (Å²) < 4.78 is 37.0. The van der Waals surface area contributed by atoms with E-state index in [0.717, 1.165) is 13.1 Å². The average Bonchev–Trinajstić information content (AvgIpc) is 2.08. The second kappa shape index (κ2) is 4.57. The Bertz CT molecular complexity index is 242. The minimum Gasteiger partial charge on any atom is -0.445 e. The van der Waals surface area contributed by atoms with Crippen molar-refractivity contribution in [2.45, 2.75) is 13.0 Å². The zero-order valence-corrected chi connectivity index (χ0v) is 9.22. The molecule has 15 heavy (non-hydrogen) atoms. The number of nitrogens with zero attached hydrogens (tertiary/aromatic N) is 2. The standard InChI is InChI=1S/C9H17BF3N2/c1-8(10(11,12)13)6-15-5-4-14(3)7-9(15)2/h9H,1,4-7H2,2-3H3/q-1. The quantitative estimate of drug-likeness (QED) is 0.667. The molecule has 0 aromatic rings. The molecule has 0 radical (unpaired) electrons. The summed E-state index contributed by atoms with van der Waals surface area (Å²) in [7, 11) is 1.98. The lowest BCUT2D eigenvalue weighted by molar-refractivity contribution is 0.110. The fourth-order valence-electron chi connectivity index (χ4n) is 1.78. The Morgan fingerprint density at radius 3 is 2.47 bits per heavy atom. The predicted octanol–water partition coefficient (Wildman–Crippen LogP) is 1.57. The topological polar surface area (TPSA) is 6.48 Å². The van der Waals surface area contributed by atoms with Crippen LogP contribution in [0.2, 0.25) is 0 Å². The van der Waals surface area contributed by atoms with Gasteiger partial charge in [0.15, 0.2) is 0 Å². The SMILES string of the molecule is C=C(CN1CCN(C)CC1C)[B-](F)(F)F. The number of rotatable bonds is 3. The summed E-state index contributed by atoms with van der Waals surface area (Å²) in [6, 6.07) is 0.165. The summed E-state index contributed by atoms with van der Waals surface area (Å²) in [5, 5.41) is 0. The van der Waals surface area contributed by atoms with Crippen LogP contribution in [-0.2, 0) is 0 Å². The zero-order valence-electron chi connectivity index (χ0n) is 9.22. The molecule has 0 bridgehead atoms. The molecule has 1 heterocycles. The van der Waals surface area contributed by atoms with Crippen LogP contribution in [0.3, 0.4) is 0 Å². The summed E-state index contributed by atoms with van der Waals surface area (Å²) in [6.07, 6.45) is 0. The maximum Gasteiger partial charge on any atom is 0.506 e. The predicted molar refractivity (Wildman–Crippen MR) is 56.8 cm³/mol. The van der Waals surface area contributed by atoms with Crippen LogP contribution < -0.4 is 0 Å². The highest BCUT2D eigenvalue weighted by atomic mass is 19.4. The van der Waals surface area contributed by atoms with Crippen molar-refractivity contribution in [3.8, 4) is 0 Å². The van der Waals surface area contributed by atoms with Crippen molar-refractivity contribution >= 4 is 6.98 Å². The maximum absolute atomic E-state index is 12.3. The Morgan fingerprint density at radius 2 is 2.00 bits per heavy atom. The van der Waals surface area contributed by atoms with Gasteiger partial charge in [0, 0.05) is 25.7 Å². The third-order valence-corrected chi connectivity index (χ3v) is 2.84. The van der Waals surface area contributed by atoms with E-state index in [0.29, 0.717) is 6.54 Å². The molecule has 2 nitrogen and oxygen atoms in total. The fraction of sp³-hybridized carbons (Fsp3) is 0.778. The highest BCUT2D eigenvalue weighted by Gasteiger charge is 2.30. The first-order chi connectivity index (χ1) is 6.80. The van der Waals surface area contributed by atoms with Gasteiger partial charge in [0.05, 0.1) is 0 Å². The van der Waals surface area contributed by atoms with Gasteiger partial charge in [-0.2, -0.15) is 0 Å². The molecular weight excluding hydrogens is 204 g/mol. The number of hydrogen-bond donors (Lipinski definition) is 0. The molecular formula is C9H17BF3N2-. The highest BCUT2D eigenvalue weighted by Crippen LogP contribution is 2.20. The Balaban J connectivity index is 2.49. The normalized spacial score (nSPS) is 25.5. The van der Waals surface area contributed by atoms with Gasteiger partial charge < -0.3 is 17.8 Å². The molecule has 0 spiro atoms. The molecule has 0 aromatic carbocycles. The average molecular weight is 221 g/mol. The summed E-state index contributed by atoms with van der Waals surface area (Å²) in [4.78, 5) is 3.97. The smallest absolute Gasteiger partial charge is 0.445 e. The Hall–Kier alpha value is -0.485. The zero-order chi connectivity index (χ0) is 11.6. The summed E-state index contributed by atoms with van der Waals surface area (Å²) in [5.41, 5.74) is -0.591. The number of likely N-dealkylation sites (N-methyl/N-ethyl adjacent to an activating group) is 1. The van der Waals surface area contributed by atoms with E-state index >= 15 is 0 Å². The molecule has 1 unspecified atom stereocenters. The molecule has 0 aromatic heterocycles. The van der Waals surface area contributed by atoms with Crippen molar-refractivity contribution in [1.82, 2.24) is 9.80 Å². The van der Waals surface area contributed by atoms with Gasteiger partial charge >= 0.3 is 6.98 Å². The van der Waals surface area contributed by atoms with Crippen molar-refractivity contribution in [3.63, 3.8) is 0 Å². The fourth-order valence-corrected chi connectivity index (χ4v) is 1.78. The van der Waals surface area contributed by atoms with E-state index in [-0.39, 0.29) is 12.6 Å². The number of halogens is 3. The van der Waals surface area contributed by atoms with E-state index in [2.05, 4.69) is 11.5 Å². The molecule has 1 aliphatic heterocycles. The van der Waals surface area contributed by atoms with Crippen LogP contribution in [0, 0.1) is 0 Å². The second-order valence-electron chi connectivity index (χ2n) is 4.31. The van der Waals surface area contributed by atoms with Crippen LogP contribution in [0.5, 0.6) is 0 Å². The van der Waals surface area contributed by atoms with Gasteiger partial charge in [-0.1, -0.05) is 0 Å². The van der Waals surface area contributed by atoms with Crippen LogP contribution in [0.15, 0.2) is 12.1 Å². The van der Waals surface area contributed by atoms with Gasteiger partial charge in [0.2, 0.25) is 0 Å². The minimum atomic E-state index is -4.88. The van der Waals surface area contributed by atoms with Crippen molar-refractivity contribution in [3.05, 3.63) is 12.1 Å². The largest absolute Gasteiger partial charge is 0.506 e. The monoisotopic (exact) mass is 221 g/mol. The first kappa shape index (κ1) is 12.6. The lowest BCUT2D eigenvalue weighted by Gasteiger charge is -2.39. The van der Waals surface area contributed by atoms with Crippen molar-refractivity contribution in [2.24, 2.45) is 0 Å². The Kier molecular flexibility index (Phi) is 3.84. The summed E-state index contributed by atoms with van der Waals surface area (Å²) >= 11 is 0. The van der Waals surface area contributed by atoms with Crippen LogP contribution in [0.1, 0.15) is 6.92 Å². The lowest BCUT2D eigenvalue weighted by atomic mass is 9.80. The summed E-state index contributed by atoms with van der Waals surface area (Å²) in [6.45, 7) is 2.47. The summed E-state index contributed by atoms with van der Waals surface area (Å²) in [5.74, 6) is 0. The Morgan fingerprint density at radius 1 is 1.40 bits per heavy atom. The van der Waals surface area contributed by atoms with E-state index in [1.807, 2.05) is 18.9 Å². The van der Waals surface area contributed by atoms with E-state index in [4.69, 9.17) is 0 Å². The Labute approximate surface area is 88.8 Å². The van der Waals surface area contributed by atoms with Gasteiger partial charge in [0.1, 0.15) is 0 Å². The van der Waals surface area contributed by atoms with Crippen molar-refractivity contribution in [2.75, 3.05) is 33.2 Å². The van der Waals surface area contributed by atoms with Gasteiger partial charge in [0.25, 0.3) is 0 Å². The highest BCUT2D eigenvalue weighted by molar-refractivity contribution is 6.66. The van der Waals surface area contributed by atoms with Crippen molar-refractivity contribution < 1.29 is 12.9 Å². The van der Waals surface area contributed by atoms with Crippen LogP contribution in [-0.4, -0.2) is 56.0 Å². The molecule has 1 fully saturated rings. The molecule has 6 heteroatoms. The van der Waals surface area contributed by atoms with E-state index < -0.39 is 12.4 Å². The third kappa shape index (κ3) is 3.54. The maximum atomic E-state index is 12.3. The molecule has 88 valence electrons. The lowest BCUT2D eigenvalue weighted by Crippen LogP contribution is -2.51. The van der Waals surface area contributed by atoms with E-state index in [1.165, 1.54) is 0 Å². The molecule has 1 aliphatic rings. The molecule has 1 rings (SSSR count). The van der Waals surface area contributed by atoms with Gasteiger partial charge in [-0.25, -0.2) is 0 Å². The van der Waals surface area contributed by atoms with Crippen LogP contribution in [0.4, 0.5) is 12.9 Å². The van der Waals surface area contributed by atoms with Gasteiger partial charge in [-0.05, 0) is 20.5 Å². The van der Waals surface area contributed by atoms with Gasteiger partial charge in [-0.15, -0.1) is 12.1 Å². The molecule has 0 aliphatic carbocycles. The van der Waals surface area contributed by atoms with Crippen LogP contribution >= 0.6 is 0 Å². The van der Waals surface area contributed by atoms with Crippen molar-refractivity contribution in [1.29, 1.82) is 0 Å². The minimum absolute atomic E-state index is 0.0431. The molecule has 1 atom stereocenters. The third-order valence-electron chi connectivity index (χ3n) is 2.84. The first-order valence-electron chi connectivity index (χ1n) is 5.11.